The predicted molar refractivity (Wildman–Crippen MR) is 172 cm³/mol. The van der Waals surface area contributed by atoms with Gasteiger partial charge in [-0.1, -0.05) is 0 Å². The van der Waals surface area contributed by atoms with E-state index < -0.39 is 53.7 Å². The van der Waals surface area contributed by atoms with Gasteiger partial charge in [0, 0.05) is 0 Å². The Labute approximate surface area is 255 Å². The molecule has 0 fully saturated rings. The van der Waals surface area contributed by atoms with E-state index in [1.165, 1.54) is 18.2 Å². The molecule has 1 aromatic carbocycles. The fourth-order valence-corrected chi connectivity index (χ4v) is 37.3. The minimum absolute atomic E-state index is 0.0576. The summed E-state index contributed by atoms with van der Waals surface area (Å²) in [5.74, 6) is -0.836. The summed E-state index contributed by atoms with van der Waals surface area (Å²) in [5.41, 5.74) is 0.0576. The van der Waals surface area contributed by atoms with Crippen molar-refractivity contribution >= 4 is 53.7 Å². The molecule has 0 saturated heterocycles. The summed E-state index contributed by atoms with van der Waals surface area (Å²) in [6, 6.07) is 4.04. The predicted octanol–water partition coefficient (Wildman–Crippen LogP) is 9.95. The maximum absolute atomic E-state index is 13.6. The molecule has 0 radical (unpaired) electrons. The van der Waals surface area contributed by atoms with E-state index >= 15 is 0 Å². The van der Waals surface area contributed by atoms with E-state index in [4.69, 9.17) is 5.59 Å². The molecule has 9 heteroatoms. The Kier molecular flexibility index (Phi) is 19.1. The number of rotatable bonds is 23. The Balaban J connectivity index is 3.30. The van der Waals surface area contributed by atoms with Gasteiger partial charge in [-0.05, 0) is 0 Å². The van der Waals surface area contributed by atoms with E-state index in [0.717, 1.165) is 104 Å². The third kappa shape index (κ3) is 12.7. The molecule has 1 N–H and O–H groups in total. The maximum atomic E-state index is 13.6. The van der Waals surface area contributed by atoms with Crippen molar-refractivity contribution in [3.05, 3.63) is 23.8 Å². The minimum atomic E-state index is -4.05. The van der Waals surface area contributed by atoms with Gasteiger partial charge in [-0.15, -0.1) is 0 Å². The van der Waals surface area contributed by atoms with E-state index in [9.17, 15) is 18.3 Å². The number of hydrogen-bond donors (Lipinski definition) is 1. The normalized spacial score (nSPS) is 12.6. The van der Waals surface area contributed by atoms with Gasteiger partial charge in [0.2, 0.25) is 0 Å². The number of hydrogen-bond acceptors (Lipinski definition) is 6. The standard InChI is InChI=1S/C7H6O6S.6C4H9.2Sn/c8-6-3-4(14(11,12)13)1-2-5(6)7(9)10;6*1-3-4-2;;/h1-3,8H,(H,9,10)(H,11,12,13);6*1,3-4H2,2H3;;/q;;;;;;;2*+1/p-2. The van der Waals surface area contributed by atoms with E-state index in [-0.39, 0.29) is 16.2 Å². The van der Waals surface area contributed by atoms with Crippen molar-refractivity contribution in [3.8, 4) is 5.75 Å². The molecule has 0 atom stereocenters. The zero-order valence-corrected chi connectivity index (χ0v) is 32.9. The van der Waals surface area contributed by atoms with Crippen molar-refractivity contribution in [2.45, 2.75) is 150 Å². The molecule has 0 bridgehead atoms. The fraction of sp³-hybridized carbons (Fsp3) is 0.774. The van der Waals surface area contributed by atoms with Crippen LogP contribution in [0.25, 0.3) is 0 Å². The molecule has 0 unspecified atom stereocenters. The second-order valence-corrected chi connectivity index (χ2v) is 37.2. The molecule has 0 heterocycles. The number of benzene rings is 1. The van der Waals surface area contributed by atoms with Crippen molar-refractivity contribution in [1.82, 2.24) is 0 Å². The zero-order valence-electron chi connectivity index (χ0n) is 26.4. The molecule has 1 aromatic rings. The summed E-state index contributed by atoms with van der Waals surface area (Å²) in [5, 5.41) is 10.9. The van der Waals surface area contributed by atoms with Gasteiger partial charge >= 0.3 is 257 Å². The Morgan fingerprint density at radius 3 is 1.40 bits per heavy atom. The average Bonchev–Trinajstić information content (AvgIpc) is 2.94. The summed E-state index contributed by atoms with van der Waals surface area (Å²) in [7, 11) is -4.05. The first kappa shape index (κ1) is 38.0. The van der Waals surface area contributed by atoms with Gasteiger partial charge in [-0.3, -0.25) is 0 Å². The van der Waals surface area contributed by atoms with E-state index in [1.807, 2.05) is 0 Å². The molecule has 0 spiro atoms. The van der Waals surface area contributed by atoms with Gasteiger partial charge < -0.3 is 0 Å². The Morgan fingerprint density at radius 2 is 1.05 bits per heavy atom. The molecule has 0 aliphatic heterocycles. The van der Waals surface area contributed by atoms with Gasteiger partial charge in [0.15, 0.2) is 0 Å². The Hall–Kier alpha value is -0.00260. The van der Waals surface area contributed by atoms with E-state index in [0.29, 0.717) is 0 Å². The van der Waals surface area contributed by atoms with Crippen molar-refractivity contribution in [2.75, 3.05) is 0 Å². The number of phenolic OH excluding ortho intramolecular Hbond substituents is 1. The number of carbonyl (C=O) groups excluding carboxylic acids is 1. The zero-order chi connectivity index (χ0) is 30.1. The molecule has 1 rings (SSSR count). The van der Waals surface area contributed by atoms with Crippen LogP contribution in [0.3, 0.4) is 0 Å². The van der Waals surface area contributed by atoms with Gasteiger partial charge in [0.05, 0.1) is 0 Å². The molecule has 0 aliphatic carbocycles. The van der Waals surface area contributed by atoms with Crippen LogP contribution in [0.5, 0.6) is 5.75 Å². The van der Waals surface area contributed by atoms with E-state index in [1.54, 1.807) is 0 Å². The molecule has 6 nitrogen and oxygen atoms in total. The second-order valence-electron chi connectivity index (χ2n) is 11.6. The molecule has 0 saturated carbocycles. The quantitative estimate of drug-likeness (QED) is 0.111. The first-order valence-electron chi connectivity index (χ1n) is 16.1. The first-order valence-corrected chi connectivity index (χ1v) is 31.9. The van der Waals surface area contributed by atoms with Crippen LogP contribution < -0.4 is 0 Å². The summed E-state index contributed by atoms with van der Waals surface area (Å²) in [6.07, 6.45) is 12.3. The third-order valence-electron chi connectivity index (χ3n) is 7.99. The first-order chi connectivity index (χ1) is 19.1. The third-order valence-corrected chi connectivity index (χ3v) is 37.7. The van der Waals surface area contributed by atoms with Crippen molar-refractivity contribution < 1.29 is 23.9 Å². The van der Waals surface area contributed by atoms with Crippen LogP contribution >= 0.6 is 0 Å². The van der Waals surface area contributed by atoms with Crippen LogP contribution in [0.15, 0.2) is 23.1 Å². The molecule has 0 amide bonds. The van der Waals surface area contributed by atoms with Crippen LogP contribution in [-0.4, -0.2) is 57.1 Å². The van der Waals surface area contributed by atoms with Crippen LogP contribution in [0, 0.1) is 0 Å². The molecule has 40 heavy (non-hydrogen) atoms. The van der Waals surface area contributed by atoms with Gasteiger partial charge in [-0.25, -0.2) is 0 Å². The SMILES string of the molecule is CCC[CH2][Sn]([CH2]CCC)([CH2]CCC)[O]C(=O)c1ccc(S(=O)(=O)[O][Sn]([CH2]CCC)([CH2]CCC)[CH2]CCC)cc1O. The average molecular weight is 796 g/mol. The van der Waals surface area contributed by atoms with Crippen LogP contribution in [0.4, 0.5) is 0 Å². The van der Waals surface area contributed by atoms with E-state index in [2.05, 4.69) is 41.5 Å². The van der Waals surface area contributed by atoms with Crippen LogP contribution in [-0.2, 0) is 15.7 Å². The Morgan fingerprint density at radius 1 is 0.675 bits per heavy atom. The van der Waals surface area contributed by atoms with Gasteiger partial charge in [-0.2, -0.15) is 0 Å². The number of carbonyl (C=O) groups is 1. The molecule has 232 valence electrons. The number of unbranched alkanes of at least 4 members (excludes halogenated alkanes) is 6. The van der Waals surface area contributed by atoms with Crippen LogP contribution in [0.1, 0.15) is 129 Å². The van der Waals surface area contributed by atoms with Crippen molar-refractivity contribution in [3.63, 3.8) is 0 Å². The molecular weight excluding hydrogens is 738 g/mol. The monoisotopic (exact) mass is 798 g/mol. The summed E-state index contributed by atoms with van der Waals surface area (Å²) >= 11 is -6.73. The van der Waals surface area contributed by atoms with Gasteiger partial charge in [0.25, 0.3) is 0 Å². The Bertz CT molecular complexity index is 923. The second kappa shape index (κ2) is 20.0. The molecular formula is C31H58O6SSn2. The van der Waals surface area contributed by atoms with Crippen molar-refractivity contribution in [2.24, 2.45) is 0 Å². The number of aromatic hydroxyl groups is 1. The summed E-state index contributed by atoms with van der Waals surface area (Å²) < 4.78 is 45.5. The molecule has 0 aliphatic rings. The summed E-state index contributed by atoms with van der Waals surface area (Å²) in [6.45, 7) is 12.9. The number of phenols is 1. The van der Waals surface area contributed by atoms with Crippen molar-refractivity contribution in [1.29, 1.82) is 0 Å². The fourth-order valence-electron chi connectivity index (χ4n) is 5.39. The molecule has 0 aromatic heterocycles. The van der Waals surface area contributed by atoms with Crippen LogP contribution in [0.2, 0.25) is 26.6 Å². The summed E-state index contributed by atoms with van der Waals surface area (Å²) in [4.78, 5) is 13.4. The topological polar surface area (TPSA) is 89.9 Å². The van der Waals surface area contributed by atoms with Gasteiger partial charge in [0.1, 0.15) is 0 Å².